The molecule has 2 aromatic carbocycles. The van der Waals surface area contributed by atoms with Gasteiger partial charge in [0.15, 0.2) is 5.78 Å². The van der Waals surface area contributed by atoms with Crippen molar-refractivity contribution < 1.29 is 9.53 Å². The van der Waals surface area contributed by atoms with Gasteiger partial charge < -0.3 is 4.74 Å². The lowest BCUT2D eigenvalue weighted by molar-refractivity contribution is 0.0896. The van der Waals surface area contributed by atoms with Gasteiger partial charge in [0.2, 0.25) is 0 Å². The Bertz CT molecular complexity index is 684. The molecule has 2 heterocycles. The van der Waals surface area contributed by atoms with Crippen molar-refractivity contribution in [2.24, 2.45) is 5.92 Å². The lowest BCUT2D eigenvalue weighted by Crippen LogP contribution is -2.32. The van der Waals surface area contributed by atoms with E-state index in [9.17, 15) is 4.79 Å². The lowest BCUT2D eigenvalue weighted by atomic mass is 9.84. The van der Waals surface area contributed by atoms with E-state index in [1.165, 1.54) is 19.3 Å². The molecule has 3 heteroatoms. The zero-order valence-corrected chi connectivity index (χ0v) is 14.5. The maximum atomic E-state index is 12.9. The fraction of sp³-hybridized carbons (Fsp3) is 0.381. The number of ether oxygens (including phenoxy) is 1. The van der Waals surface area contributed by atoms with E-state index in [-0.39, 0.29) is 5.92 Å². The molecule has 4 rings (SSSR count). The average molecular weight is 338 g/mol. The first-order valence-electron chi connectivity index (χ1n) is 8.80. The van der Waals surface area contributed by atoms with Crippen molar-refractivity contribution in [3.05, 3.63) is 60.2 Å². The van der Waals surface area contributed by atoms with Gasteiger partial charge in [-0.1, -0.05) is 24.6 Å². The number of carbonyl (C=O) groups is 1. The molecule has 2 aliphatic heterocycles. The van der Waals surface area contributed by atoms with Crippen molar-refractivity contribution in [3.8, 4) is 11.5 Å². The smallest absolute Gasteiger partial charge is 0.166 e. The molecule has 2 aromatic rings. The highest BCUT2D eigenvalue weighted by atomic mass is 32.2. The van der Waals surface area contributed by atoms with Gasteiger partial charge in [-0.05, 0) is 62.1 Å². The molecule has 24 heavy (non-hydrogen) atoms. The predicted octanol–water partition coefficient (Wildman–Crippen LogP) is 5.73. The number of ketones is 1. The standard InChI is InChI=1S/C21H22O2S/c22-21(16-13-19-7-4-8-20(14-16)24-19)15-9-11-18(12-10-15)23-17-5-2-1-3-6-17/h1-3,5-6,9-12,16,19-20H,4,7-8,13-14H2. The Hall–Kier alpha value is -1.74. The number of Topliss-reactive ketones (excluding diaryl/α,β-unsaturated/α-hetero) is 1. The van der Waals surface area contributed by atoms with Crippen LogP contribution in [-0.2, 0) is 0 Å². The monoisotopic (exact) mass is 338 g/mol. The van der Waals surface area contributed by atoms with E-state index in [4.69, 9.17) is 4.74 Å². The highest BCUT2D eigenvalue weighted by Gasteiger charge is 2.35. The molecule has 2 bridgehead atoms. The second kappa shape index (κ2) is 7.02. The van der Waals surface area contributed by atoms with Crippen LogP contribution in [-0.4, -0.2) is 16.3 Å². The van der Waals surface area contributed by atoms with Gasteiger partial charge in [0, 0.05) is 22.0 Å². The fourth-order valence-corrected chi connectivity index (χ4v) is 5.66. The Morgan fingerprint density at radius 2 is 1.50 bits per heavy atom. The van der Waals surface area contributed by atoms with Crippen LogP contribution in [0.2, 0.25) is 0 Å². The van der Waals surface area contributed by atoms with Crippen molar-refractivity contribution in [2.45, 2.75) is 42.6 Å². The summed E-state index contributed by atoms with van der Waals surface area (Å²) >= 11 is 2.12. The zero-order valence-electron chi connectivity index (χ0n) is 13.7. The van der Waals surface area contributed by atoms with Crippen molar-refractivity contribution in [2.75, 3.05) is 0 Å². The molecule has 2 atom stereocenters. The quantitative estimate of drug-likeness (QED) is 0.666. The summed E-state index contributed by atoms with van der Waals surface area (Å²) in [5, 5.41) is 1.40. The third-order valence-electron chi connectivity index (χ3n) is 5.02. The first kappa shape index (κ1) is 15.8. The summed E-state index contributed by atoms with van der Waals surface area (Å²) in [5.74, 6) is 2.11. The van der Waals surface area contributed by atoms with E-state index < -0.39 is 0 Å². The van der Waals surface area contributed by atoms with E-state index in [1.807, 2.05) is 54.6 Å². The normalized spacial score (nSPS) is 25.9. The van der Waals surface area contributed by atoms with Crippen LogP contribution in [0.3, 0.4) is 0 Å². The third kappa shape index (κ3) is 3.51. The summed E-state index contributed by atoms with van der Waals surface area (Å²) in [7, 11) is 0. The number of carbonyl (C=O) groups excluding carboxylic acids is 1. The van der Waals surface area contributed by atoms with E-state index in [2.05, 4.69) is 11.8 Å². The van der Waals surface area contributed by atoms with E-state index >= 15 is 0 Å². The van der Waals surface area contributed by atoms with Gasteiger partial charge in [0.05, 0.1) is 0 Å². The Balaban J connectivity index is 1.43. The average Bonchev–Trinajstić information content (AvgIpc) is 2.62. The Morgan fingerprint density at radius 1 is 0.875 bits per heavy atom. The lowest BCUT2D eigenvalue weighted by Gasteiger charge is -2.37. The molecule has 0 spiro atoms. The summed E-state index contributed by atoms with van der Waals surface area (Å²) in [4.78, 5) is 12.9. The highest BCUT2D eigenvalue weighted by Crippen LogP contribution is 2.44. The Kier molecular flexibility index (Phi) is 4.61. The minimum absolute atomic E-state index is 0.211. The molecule has 0 aromatic heterocycles. The van der Waals surface area contributed by atoms with Gasteiger partial charge >= 0.3 is 0 Å². The van der Waals surface area contributed by atoms with Gasteiger partial charge in [0.1, 0.15) is 11.5 Å². The summed E-state index contributed by atoms with van der Waals surface area (Å²) in [5.41, 5.74) is 0.824. The molecule has 124 valence electrons. The van der Waals surface area contributed by atoms with E-state index in [0.29, 0.717) is 16.3 Å². The van der Waals surface area contributed by atoms with Crippen molar-refractivity contribution in [1.29, 1.82) is 0 Å². The van der Waals surface area contributed by atoms with Crippen LogP contribution in [0.5, 0.6) is 11.5 Å². The molecule has 2 aliphatic rings. The third-order valence-corrected chi connectivity index (χ3v) is 6.65. The molecule has 0 aliphatic carbocycles. The van der Waals surface area contributed by atoms with Crippen molar-refractivity contribution in [1.82, 2.24) is 0 Å². The zero-order chi connectivity index (χ0) is 16.4. The highest BCUT2D eigenvalue weighted by molar-refractivity contribution is 8.00. The number of para-hydroxylation sites is 1. The molecule has 2 nitrogen and oxygen atoms in total. The van der Waals surface area contributed by atoms with Gasteiger partial charge in [-0.2, -0.15) is 11.8 Å². The summed E-state index contributed by atoms with van der Waals surface area (Å²) in [6.45, 7) is 0. The Morgan fingerprint density at radius 3 is 2.17 bits per heavy atom. The predicted molar refractivity (Wildman–Crippen MR) is 99.0 cm³/mol. The number of fused-ring (bicyclic) bond motifs is 2. The van der Waals surface area contributed by atoms with E-state index in [0.717, 1.165) is 29.9 Å². The van der Waals surface area contributed by atoms with Crippen molar-refractivity contribution >= 4 is 17.5 Å². The second-order valence-electron chi connectivity index (χ2n) is 6.78. The number of hydrogen-bond acceptors (Lipinski definition) is 3. The van der Waals surface area contributed by atoms with Crippen LogP contribution >= 0.6 is 11.8 Å². The number of thioether (sulfide) groups is 1. The minimum Gasteiger partial charge on any atom is -0.457 e. The largest absolute Gasteiger partial charge is 0.457 e. The van der Waals surface area contributed by atoms with Crippen LogP contribution in [0.25, 0.3) is 0 Å². The van der Waals surface area contributed by atoms with Gasteiger partial charge in [0.25, 0.3) is 0 Å². The molecule has 2 fully saturated rings. The molecule has 2 saturated heterocycles. The number of hydrogen-bond donors (Lipinski definition) is 0. The summed E-state index contributed by atoms with van der Waals surface area (Å²) in [6.07, 6.45) is 6.03. The maximum Gasteiger partial charge on any atom is 0.166 e. The van der Waals surface area contributed by atoms with Gasteiger partial charge in [-0.15, -0.1) is 0 Å². The topological polar surface area (TPSA) is 26.3 Å². The molecule has 0 amide bonds. The number of benzene rings is 2. The van der Waals surface area contributed by atoms with Crippen molar-refractivity contribution in [3.63, 3.8) is 0 Å². The van der Waals surface area contributed by atoms with Crippen LogP contribution < -0.4 is 4.74 Å². The summed E-state index contributed by atoms with van der Waals surface area (Å²) < 4.78 is 5.80. The second-order valence-corrected chi connectivity index (χ2v) is 8.39. The Labute approximate surface area is 147 Å². The van der Waals surface area contributed by atoms with Crippen LogP contribution in [0.4, 0.5) is 0 Å². The SMILES string of the molecule is O=C(c1ccc(Oc2ccccc2)cc1)C1CC2CCCC(C1)S2. The molecular formula is C21H22O2S. The minimum atomic E-state index is 0.211. The number of rotatable bonds is 4. The molecule has 0 saturated carbocycles. The van der Waals surface area contributed by atoms with Crippen LogP contribution in [0.15, 0.2) is 54.6 Å². The fourth-order valence-electron chi connectivity index (χ4n) is 3.82. The first-order valence-corrected chi connectivity index (χ1v) is 9.75. The first-order chi connectivity index (χ1) is 11.8. The van der Waals surface area contributed by atoms with Gasteiger partial charge in [-0.3, -0.25) is 4.79 Å². The van der Waals surface area contributed by atoms with Gasteiger partial charge in [-0.25, -0.2) is 0 Å². The molecule has 0 radical (unpaired) electrons. The summed E-state index contributed by atoms with van der Waals surface area (Å²) in [6, 6.07) is 17.4. The molecular weight excluding hydrogens is 316 g/mol. The van der Waals surface area contributed by atoms with E-state index in [1.54, 1.807) is 0 Å². The molecule has 0 N–H and O–H groups in total. The molecule has 2 unspecified atom stereocenters. The van der Waals surface area contributed by atoms with Crippen LogP contribution in [0.1, 0.15) is 42.5 Å². The van der Waals surface area contributed by atoms with Crippen LogP contribution in [0, 0.1) is 5.92 Å². The maximum absolute atomic E-state index is 12.9.